The van der Waals surface area contributed by atoms with E-state index in [0.717, 1.165) is 4.31 Å². The number of hydrogen-bond donors (Lipinski definition) is 1. The third-order valence-corrected chi connectivity index (χ3v) is 6.24. The van der Waals surface area contributed by atoms with Crippen LogP contribution in [0.25, 0.3) is 0 Å². The van der Waals surface area contributed by atoms with Gasteiger partial charge in [-0.25, -0.2) is 17.1 Å². The van der Waals surface area contributed by atoms with Crippen LogP contribution in [-0.2, 0) is 26.0 Å². The van der Waals surface area contributed by atoms with Gasteiger partial charge in [-0.1, -0.05) is 17.7 Å². The fraction of sp³-hybridized carbons (Fsp3) is 0.533. The van der Waals surface area contributed by atoms with Crippen molar-refractivity contribution in [2.45, 2.75) is 12.5 Å². The molecule has 134 valence electrons. The van der Waals surface area contributed by atoms with E-state index in [0.29, 0.717) is 0 Å². The van der Waals surface area contributed by atoms with E-state index in [2.05, 4.69) is 5.32 Å². The Balaban J connectivity index is 2.00. The number of ether oxygens (including phenoxy) is 1. The Morgan fingerprint density at radius 1 is 1.42 bits per heavy atom. The molecule has 1 saturated heterocycles. The summed E-state index contributed by atoms with van der Waals surface area (Å²) in [4.78, 5) is 12.2. The summed E-state index contributed by atoms with van der Waals surface area (Å²) in [6, 6.07) is 3.78. The van der Waals surface area contributed by atoms with Crippen molar-refractivity contribution >= 4 is 27.5 Å². The maximum atomic E-state index is 13.7. The molecule has 9 heteroatoms. The van der Waals surface area contributed by atoms with Crippen molar-refractivity contribution in [3.8, 4) is 0 Å². The molecule has 1 heterocycles. The lowest BCUT2D eigenvalue weighted by Gasteiger charge is -2.21. The molecular weight excluding hydrogens is 359 g/mol. The van der Waals surface area contributed by atoms with E-state index in [-0.39, 0.29) is 41.9 Å². The first-order chi connectivity index (χ1) is 11.2. The Hall–Kier alpha value is -1.22. The van der Waals surface area contributed by atoms with Gasteiger partial charge in [0.25, 0.3) is 0 Å². The number of nitrogens with one attached hydrogen (secondary N) is 1. The molecule has 0 radical (unpaired) electrons. The molecule has 1 N–H and O–H groups in total. The Labute approximate surface area is 146 Å². The molecule has 2 rings (SSSR count). The van der Waals surface area contributed by atoms with Gasteiger partial charge in [0, 0.05) is 30.6 Å². The van der Waals surface area contributed by atoms with E-state index in [1.165, 1.54) is 32.3 Å². The van der Waals surface area contributed by atoms with Gasteiger partial charge in [0.15, 0.2) is 0 Å². The fourth-order valence-electron chi connectivity index (χ4n) is 2.46. The number of nitrogens with zero attached hydrogens (tertiary/aromatic N) is 1. The molecule has 2 atom stereocenters. The monoisotopic (exact) mass is 378 g/mol. The summed E-state index contributed by atoms with van der Waals surface area (Å²) in [6.07, 6.45) is -0.213. The van der Waals surface area contributed by atoms with Crippen LogP contribution in [0.5, 0.6) is 0 Å². The van der Waals surface area contributed by atoms with Crippen LogP contribution in [0.1, 0.15) is 5.56 Å². The molecule has 1 aromatic carbocycles. The molecule has 1 fully saturated rings. The van der Waals surface area contributed by atoms with Crippen LogP contribution < -0.4 is 5.32 Å². The smallest absolute Gasteiger partial charge is 0.224 e. The second-order valence-electron chi connectivity index (χ2n) is 5.91. The van der Waals surface area contributed by atoms with Crippen molar-refractivity contribution in [2.75, 3.05) is 33.1 Å². The SMILES string of the molecule is CN(C)S(=O)(=O)C[C@@H]1COC[C@H]1NC(=O)Cc1c(F)cccc1Cl. The van der Waals surface area contributed by atoms with Crippen molar-refractivity contribution in [3.63, 3.8) is 0 Å². The van der Waals surface area contributed by atoms with Gasteiger partial charge in [-0.2, -0.15) is 0 Å². The lowest BCUT2D eigenvalue weighted by atomic mass is 10.1. The van der Waals surface area contributed by atoms with E-state index in [4.69, 9.17) is 16.3 Å². The standard InChI is InChI=1S/C15H20ClFN2O4S/c1-19(2)24(21,22)9-10-7-23-8-14(10)18-15(20)6-11-12(16)4-3-5-13(11)17/h3-5,10,14H,6-9H2,1-2H3,(H,18,20)/t10-,14+/m0/s1. The van der Waals surface area contributed by atoms with Crippen LogP contribution in [0.15, 0.2) is 18.2 Å². The minimum absolute atomic E-state index is 0.119. The van der Waals surface area contributed by atoms with Gasteiger partial charge in [0.05, 0.1) is 31.4 Å². The lowest BCUT2D eigenvalue weighted by molar-refractivity contribution is -0.121. The normalized spacial score (nSPS) is 21.2. The molecule has 6 nitrogen and oxygen atoms in total. The third-order valence-electron chi connectivity index (χ3n) is 3.92. The number of sulfonamides is 1. The van der Waals surface area contributed by atoms with Crippen molar-refractivity contribution < 1.29 is 22.3 Å². The van der Waals surface area contributed by atoms with Gasteiger partial charge in [0.2, 0.25) is 15.9 Å². The van der Waals surface area contributed by atoms with Crippen LogP contribution in [0.2, 0.25) is 5.02 Å². The molecular formula is C15H20ClFN2O4S. The Morgan fingerprint density at radius 3 is 2.75 bits per heavy atom. The van der Waals surface area contributed by atoms with E-state index >= 15 is 0 Å². The highest BCUT2D eigenvalue weighted by Gasteiger charge is 2.34. The third kappa shape index (κ3) is 4.66. The maximum Gasteiger partial charge on any atom is 0.224 e. The second-order valence-corrected chi connectivity index (χ2v) is 8.54. The minimum Gasteiger partial charge on any atom is -0.379 e. The molecule has 0 saturated carbocycles. The Bertz CT molecular complexity index is 691. The molecule has 1 aromatic rings. The summed E-state index contributed by atoms with van der Waals surface area (Å²) in [5, 5.41) is 2.90. The minimum atomic E-state index is -3.40. The summed E-state index contributed by atoms with van der Waals surface area (Å²) in [7, 11) is -0.487. The summed E-state index contributed by atoms with van der Waals surface area (Å²) < 4.78 is 44.2. The maximum absolute atomic E-state index is 13.7. The predicted octanol–water partition coefficient (Wildman–Crippen LogP) is 1.04. The van der Waals surface area contributed by atoms with Gasteiger partial charge in [-0.3, -0.25) is 4.79 Å². The molecule has 1 amide bonds. The lowest BCUT2D eigenvalue weighted by Crippen LogP contribution is -2.44. The molecule has 1 aliphatic rings. The van der Waals surface area contributed by atoms with Gasteiger partial charge < -0.3 is 10.1 Å². The average molecular weight is 379 g/mol. The summed E-state index contributed by atoms with van der Waals surface area (Å²) in [6.45, 7) is 0.475. The van der Waals surface area contributed by atoms with Crippen molar-refractivity contribution in [2.24, 2.45) is 5.92 Å². The number of halogens is 2. The zero-order valence-corrected chi connectivity index (χ0v) is 15.0. The summed E-state index contributed by atoms with van der Waals surface area (Å²) >= 11 is 5.91. The van der Waals surface area contributed by atoms with E-state index in [1.54, 1.807) is 0 Å². The van der Waals surface area contributed by atoms with Crippen LogP contribution in [0.3, 0.4) is 0 Å². The van der Waals surface area contributed by atoms with Crippen LogP contribution in [0.4, 0.5) is 4.39 Å². The van der Waals surface area contributed by atoms with Gasteiger partial charge >= 0.3 is 0 Å². The highest BCUT2D eigenvalue weighted by Crippen LogP contribution is 2.21. The zero-order chi connectivity index (χ0) is 17.9. The Morgan fingerprint density at radius 2 is 2.12 bits per heavy atom. The van der Waals surface area contributed by atoms with Crippen LogP contribution >= 0.6 is 11.6 Å². The first-order valence-corrected chi connectivity index (χ1v) is 9.39. The second kappa shape index (κ2) is 7.77. The van der Waals surface area contributed by atoms with E-state index in [9.17, 15) is 17.6 Å². The number of rotatable bonds is 6. The topological polar surface area (TPSA) is 75.7 Å². The molecule has 0 unspecified atom stereocenters. The largest absolute Gasteiger partial charge is 0.379 e. The molecule has 1 aliphatic heterocycles. The quantitative estimate of drug-likeness (QED) is 0.802. The van der Waals surface area contributed by atoms with Crippen molar-refractivity contribution in [1.29, 1.82) is 0 Å². The van der Waals surface area contributed by atoms with Crippen LogP contribution in [-0.4, -0.2) is 57.7 Å². The predicted molar refractivity (Wildman–Crippen MR) is 88.8 cm³/mol. The van der Waals surface area contributed by atoms with Gasteiger partial charge in [-0.15, -0.1) is 0 Å². The molecule has 0 spiro atoms. The highest BCUT2D eigenvalue weighted by atomic mass is 35.5. The van der Waals surface area contributed by atoms with E-state index < -0.39 is 27.8 Å². The highest BCUT2D eigenvalue weighted by molar-refractivity contribution is 7.89. The molecule has 0 bridgehead atoms. The van der Waals surface area contributed by atoms with Gasteiger partial charge in [0.1, 0.15) is 5.82 Å². The van der Waals surface area contributed by atoms with Crippen LogP contribution in [0, 0.1) is 11.7 Å². The van der Waals surface area contributed by atoms with Crippen molar-refractivity contribution in [1.82, 2.24) is 9.62 Å². The number of hydrogen-bond acceptors (Lipinski definition) is 4. The first-order valence-electron chi connectivity index (χ1n) is 7.41. The number of carbonyl (C=O) groups excluding carboxylic acids is 1. The number of amides is 1. The molecule has 24 heavy (non-hydrogen) atoms. The van der Waals surface area contributed by atoms with E-state index in [1.807, 2.05) is 0 Å². The average Bonchev–Trinajstić information content (AvgIpc) is 2.89. The summed E-state index contributed by atoms with van der Waals surface area (Å²) in [5.41, 5.74) is 0.119. The molecule has 0 aromatic heterocycles. The fourth-order valence-corrected chi connectivity index (χ4v) is 3.86. The van der Waals surface area contributed by atoms with Gasteiger partial charge in [-0.05, 0) is 12.1 Å². The number of carbonyl (C=O) groups is 1. The van der Waals surface area contributed by atoms with Crippen molar-refractivity contribution in [3.05, 3.63) is 34.6 Å². The summed E-state index contributed by atoms with van der Waals surface area (Å²) in [5.74, 6) is -1.44. The number of benzene rings is 1. The first kappa shape index (κ1) is 19.1. The molecule has 0 aliphatic carbocycles. The zero-order valence-electron chi connectivity index (χ0n) is 13.5. The Kier molecular flexibility index (Phi) is 6.19.